The van der Waals surface area contributed by atoms with Crippen LogP contribution < -0.4 is 10.6 Å². The van der Waals surface area contributed by atoms with Gasteiger partial charge in [0, 0.05) is 11.1 Å². The molecule has 24 heavy (non-hydrogen) atoms. The number of aromatic nitrogens is 1. The second-order valence-electron chi connectivity index (χ2n) is 6.64. The van der Waals surface area contributed by atoms with Gasteiger partial charge in [0.15, 0.2) is 5.13 Å². The highest BCUT2D eigenvalue weighted by Gasteiger charge is 2.51. The zero-order valence-electron chi connectivity index (χ0n) is 13.3. The standard InChI is InChI=1S/C18H20FN3OS/c19-14-3-1-13(2-4-14)18(7-8-18)16(23)22-17-21-11-15(24-17)12-5-9-20-10-6-12/h1-4,11-12,20H,5-10H2,(H,21,22,23). The third-order valence-corrected chi connectivity index (χ3v) is 6.14. The topological polar surface area (TPSA) is 54.0 Å². The molecule has 1 saturated heterocycles. The molecule has 4 rings (SSSR count). The SMILES string of the molecule is O=C(Nc1ncc(C2CCNCC2)s1)C1(c2ccc(F)cc2)CC1. The monoisotopic (exact) mass is 345 g/mol. The summed E-state index contributed by atoms with van der Waals surface area (Å²) in [7, 11) is 0. The van der Waals surface area contributed by atoms with Gasteiger partial charge in [0.05, 0.1) is 5.41 Å². The second-order valence-corrected chi connectivity index (χ2v) is 7.70. The lowest BCUT2D eigenvalue weighted by Crippen LogP contribution is -2.27. The predicted octanol–water partition coefficient (Wildman–Crippen LogP) is 3.42. The van der Waals surface area contributed by atoms with E-state index in [1.807, 2.05) is 6.20 Å². The Labute approximate surface area is 144 Å². The van der Waals surface area contributed by atoms with Gasteiger partial charge < -0.3 is 10.6 Å². The summed E-state index contributed by atoms with van der Waals surface area (Å²) < 4.78 is 13.1. The van der Waals surface area contributed by atoms with Crippen molar-refractivity contribution in [2.24, 2.45) is 0 Å². The number of piperidine rings is 1. The number of rotatable bonds is 4. The van der Waals surface area contributed by atoms with Crippen molar-refractivity contribution < 1.29 is 9.18 Å². The highest BCUT2D eigenvalue weighted by atomic mass is 32.1. The van der Waals surface area contributed by atoms with Crippen LogP contribution in [0.4, 0.5) is 9.52 Å². The minimum Gasteiger partial charge on any atom is -0.317 e. The fraction of sp³-hybridized carbons (Fsp3) is 0.444. The summed E-state index contributed by atoms with van der Waals surface area (Å²) in [4.78, 5) is 18.4. The van der Waals surface area contributed by atoms with Crippen LogP contribution in [0.3, 0.4) is 0 Å². The Morgan fingerprint density at radius 1 is 1.25 bits per heavy atom. The highest BCUT2D eigenvalue weighted by Crippen LogP contribution is 2.49. The van der Waals surface area contributed by atoms with E-state index in [1.165, 1.54) is 17.0 Å². The van der Waals surface area contributed by atoms with Crippen molar-refractivity contribution in [2.75, 3.05) is 18.4 Å². The molecule has 0 unspecified atom stereocenters. The Balaban J connectivity index is 1.46. The number of hydrogen-bond acceptors (Lipinski definition) is 4. The Hall–Kier alpha value is -1.79. The summed E-state index contributed by atoms with van der Waals surface area (Å²) >= 11 is 1.58. The largest absolute Gasteiger partial charge is 0.317 e. The Morgan fingerprint density at radius 2 is 1.96 bits per heavy atom. The number of benzene rings is 1. The van der Waals surface area contributed by atoms with Crippen molar-refractivity contribution in [2.45, 2.75) is 37.0 Å². The van der Waals surface area contributed by atoms with Gasteiger partial charge in [-0.25, -0.2) is 9.37 Å². The molecule has 1 aliphatic heterocycles. The lowest BCUT2D eigenvalue weighted by atomic mass is 9.95. The van der Waals surface area contributed by atoms with Crippen molar-refractivity contribution in [1.29, 1.82) is 0 Å². The molecule has 2 fully saturated rings. The minimum absolute atomic E-state index is 0.0275. The first-order valence-corrected chi connectivity index (χ1v) is 9.23. The summed E-state index contributed by atoms with van der Waals surface area (Å²) in [6.07, 6.45) is 5.74. The molecule has 126 valence electrons. The normalized spacial score (nSPS) is 19.9. The van der Waals surface area contributed by atoms with E-state index in [1.54, 1.807) is 23.5 Å². The van der Waals surface area contributed by atoms with Crippen LogP contribution in [-0.4, -0.2) is 24.0 Å². The fourth-order valence-electron chi connectivity index (χ4n) is 3.40. The molecule has 1 saturated carbocycles. The van der Waals surface area contributed by atoms with Crippen LogP contribution >= 0.6 is 11.3 Å². The minimum atomic E-state index is -0.506. The average molecular weight is 345 g/mol. The molecule has 0 atom stereocenters. The molecule has 1 aromatic carbocycles. The summed E-state index contributed by atoms with van der Waals surface area (Å²) in [5.41, 5.74) is 0.380. The van der Waals surface area contributed by atoms with E-state index in [4.69, 9.17) is 0 Å². The third kappa shape index (κ3) is 2.96. The molecule has 2 N–H and O–H groups in total. The zero-order chi connectivity index (χ0) is 16.6. The van der Waals surface area contributed by atoms with Crippen LogP contribution in [0.5, 0.6) is 0 Å². The first-order valence-electron chi connectivity index (χ1n) is 8.41. The van der Waals surface area contributed by atoms with Crippen molar-refractivity contribution in [3.8, 4) is 0 Å². The van der Waals surface area contributed by atoms with Crippen molar-refractivity contribution in [3.63, 3.8) is 0 Å². The van der Waals surface area contributed by atoms with E-state index < -0.39 is 5.41 Å². The number of halogens is 1. The zero-order valence-corrected chi connectivity index (χ0v) is 14.2. The average Bonchev–Trinajstić information content (AvgIpc) is 3.30. The van der Waals surface area contributed by atoms with Gasteiger partial charge in [-0.1, -0.05) is 12.1 Å². The van der Waals surface area contributed by atoms with E-state index >= 15 is 0 Å². The fourth-order valence-corrected chi connectivity index (χ4v) is 4.38. The third-order valence-electron chi connectivity index (χ3n) is 5.07. The maximum Gasteiger partial charge on any atom is 0.236 e. The van der Waals surface area contributed by atoms with E-state index in [2.05, 4.69) is 15.6 Å². The van der Waals surface area contributed by atoms with Crippen LogP contribution in [0.15, 0.2) is 30.5 Å². The van der Waals surface area contributed by atoms with Gasteiger partial charge in [-0.3, -0.25) is 4.79 Å². The van der Waals surface area contributed by atoms with Crippen molar-refractivity contribution in [3.05, 3.63) is 46.7 Å². The quantitative estimate of drug-likeness (QED) is 0.893. The number of amides is 1. The number of thiazole rings is 1. The van der Waals surface area contributed by atoms with E-state index in [0.717, 1.165) is 44.3 Å². The van der Waals surface area contributed by atoms with Gasteiger partial charge in [-0.05, 0) is 62.4 Å². The van der Waals surface area contributed by atoms with Crippen LogP contribution in [0.1, 0.15) is 42.0 Å². The van der Waals surface area contributed by atoms with Crippen LogP contribution in [0, 0.1) is 5.82 Å². The lowest BCUT2D eigenvalue weighted by Gasteiger charge is -2.20. The van der Waals surface area contributed by atoms with E-state index in [9.17, 15) is 9.18 Å². The molecular formula is C18H20FN3OS. The second kappa shape index (κ2) is 6.26. The Kier molecular flexibility index (Phi) is 4.10. The van der Waals surface area contributed by atoms with Gasteiger partial charge in [0.1, 0.15) is 5.82 Å². The van der Waals surface area contributed by atoms with Gasteiger partial charge in [-0.15, -0.1) is 11.3 Å². The number of anilines is 1. The molecular weight excluding hydrogens is 325 g/mol. The highest BCUT2D eigenvalue weighted by molar-refractivity contribution is 7.15. The van der Waals surface area contributed by atoms with E-state index in [-0.39, 0.29) is 11.7 Å². The van der Waals surface area contributed by atoms with E-state index in [0.29, 0.717) is 11.0 Å². The Bertz CT molecular complexity index is 733. The first kappa shape index (κ1) is 15.7. The molecule has 2 heterocycles. The predicted molar refractivity (Wildman–Crippen MR) is 92.9 cm³/mol. The molecule has 0 spiro atoms. The van der Waals surface area contributed by atoms with Gasteiger partial charge in [0.25, 0.3) is 0 Å². The smallest absolute Gasteiger partial charge is 0.236 e. The number of nitrogens with zero attached hydrogens (tertiary/aromatic N) is 1. The maximum atomic E-state index is 13.1. The number of carbonyl (C=O) groups is 1. The van der Waals surface area contributed by atoms with Gasteiger partial charge >= 0.3 is 0 Å². The number of nitrogens with one attached hydrogen (secondary N) is 2. The molecule has 1 aliphatic carbocycles. The van der Waals surface area contributed by atoms with Crippen LogP contribution in [0.25, 0.3) is 0 Å². The summed E-state index contributed by atoms with van der Waals surface area (Å²) in [5, 5.41) is 7.01. The van der Waals surface area contributed by atoms with Crippen LogP contribution in [-0.2, 0) is 10.2 Å². The molecule has 6 heteroatoms. The Morgan fingerprint density at radius 3 is 2.62 bits per heavy atom. The van der Waals surface area contributed by atoms with Gasteiger partial charge in [-0.2, -0.15) is 0 Å². The first-order chi connectivity index (χ1) is 11.7. The summed E-state index contributed by atoms with van der Waals surface area (Å²) in [6, 6.07) is 6.26. The van der Waals surface area contributed by atoms with Crippen LogP contribution in [0.2, 0.25) is 0 Å². The summed E-state index contributed by atoms with van der Waals surface area (Å²) in [6.45, 7) is 2.08. The van der Waals surface area contributed by atoms with Crippen molar-refractivity contribution in [1.82, 2.24) is 10.3 Å². The number of carbonyl (C=O) groups excluding carboxylic acids is 1. The molecule has 0 bridgehead atoms. The number of hydrogen-bond donors (Lipinski definition) is 2. The summed E-state index contributed by atoms with van der Waals surface area (Å²) in [5.74, 6) is 0.239. The molecule has 2 aromatic rings. The molecule has 1 amide bonds. The maximum absolute atomic E-state index is 13.1. The molecule has 4 nitrogen and oxygen atoms in total. The van der Waals surface area contributed by atoms with Gasteiger partial charge in [0.2, 0.25) is 5.91 Å². The molecule has 0 radical (unpaired) electrons. The van der Waals surface area contributed by atoms with Crippen molar-refractivity contribution >= 4 is 22.4 Å². The lowest BCUT2D eigenvalue weighted by molar-refractivity contribution is -0.118. The molecule has 1 aromatic heterocycles. The molecule has 2 aliphatic rings.